The first-order valence-corrected chi connectivity index (χ1v) is 7.50. The molecule has 1 saturated heterocycles. The summed E-state index contributed by atoms with van der Waals surface area (Å²) in [5, 5.41) is 0. The number of aromatic amines is 1. The van der Waals surface area contributed by atoms with E-state index in [1.54, 1.807) is 0 Å². The molecule has 1 aromatic heterocycles. The van der Waals surface area contributed by atoms with Gasteiger partial charge in [0.05, 0.1) is 0 Å². The van der Waals surface area contributed by atoms with Gasteiger partial charge >= 0.3 is 0 Å². The van der Waals surface area contributed by atoms with Gasteiger partial charge in [-0.15, -0.1) is 0 Å². The Morgan fingerprint density at radius 2 is 2.39 bits per heavy atom. The fraction of sp³-hybridized carbons (Fsp3) is 0.714. The third-order valence-corrected chi connectivity index (χ3v) is 4.63. The smallest absolute Gasteiger partial charge is 0.196 e. The zero-order chi connectivity index (χ0) is 12.5. The van der Waals surface area contributed by atoms with Gasteiger partial charge in [0.25, 0.3) is 0 Å². The van der Waals surface area contributed by atoms with E-state index in [1.165, 1.54) is 43.6 Å². The maximum Gasteiger partial charge on any atom is 0.196 e. The monoisotopic (exact) mass is 263 g/mol. The minimum absolute atomic E-state index is 0.633. The molecule has 0 spiro atoms. The number of nitrogens with one attached hydrogen (secondary N) is 1. The van der Waals surface area contributed by atoms with E-state index >= 15 is 0 Å². The lowest BCUT2D eigenvalue weighted by molar-refractivity contribution is 0.0844. The van der Waals surface area contributed by atoms with Gasteiger partial charge in [0.15, 0.2) is 4.77 Å². The van der Waals surface area contributed by atoms with Crippen molar-refractivity contribution in [3.8, 4) is 0 Å². The highest BCUT2D eigenvalue weighted by molar-refractivity contribution is 7.71. The summed E-state index contributed by atoms with van der Waals surface area (Å²) in [4.78, 5) is 10.2. The van der Waals surface area contributed by atoms with Crippen LogP contribution in [-0.2, 0) is 12.8 Å². The molecule has 2 aliphatic rings. The molecule has 2 atom stereocenters. The first-order chi connectivity index (χ1) is 8.78. The number of hydrogen-bond acceptors (Lipinski definition) is 3. The van der Waals surface area contributed by atoms with E-state index in [2.05, 4.69) is 21.8 Å². The van der Waals surface area contributed by atoms with Crippen molar-refractivity contribution in [3.63, 3.8) is 0 Å². The summed E-state index contributed by atoms with van der Waals surface area (Å²) < 4.78 is 0.633. The molecule has 2 heterocycles. The van der Waals surface area contributed by atoms with E-state index in [0.717, 1.165) is 24.8 Å². The number of fused-ring (bicyclic) bond motifs is 2. The van der Waals surface area contributed by atoms with E-state index in [9.17, 15) is 0 Å². The SMILES string of the molecule is CCCN1CCCC2Cc3[nH]c(=S)ncc3CC21. The number of nitrogens with zero attached hydrogens (tertiary/aromatic N) is 2. The normalized spacial score (nSPS) is 27.6. The molecule has 1 N–H and O–H groups in total. The van der Waals surface area contributed by atoms with Crippen molar-refractivity contribution >= 4 is 12.2 Å². The molecule has 0 amide bonds. The van der Waals surface area contributed by atoms with Crippen LogP contribution in [-0.4, -0.2) is 34.0 Å². The Kier molecular flexibility index (Phi) is 3.48. The van der Waals surface area contributed by atoms with Crippen LogP contribution in [0.4, 0.5) is 0 Å². The Labute approximate surface area is 114 Å². The number of aromatic nitrogens is 2. The van der Waals surface area contributed by atoms with Gasteiger partial charge in [0, 0.05) is 17.9 Å². The summed E-state index contributed by atoms with van der Waals surface area (Å²) in [6, 6.07) is 0.734. The molecule has 0 saturated carbocycles. The molecule has 1 aliphatic carbocycles. The fourth-order valence-corrected chi connectivity index (χ4v) is 3.79. The summed E-state index contributed by atoms with van der Waals surface area (Å²) in [6.45, 7) is 4.80. The predicted molar refractivity (Wildman–Crippen MR) is 75.2 cm³/mol. The van der Waals surface area contributed by atoms with Crippen molar-refractivity contribution in [1.82, 2.24) is 14.9 Å². The summed E-state index contributed by atoms with van der Waals surface area (Å²) in [5.41, 5.74) is 2.72. The molecule has 1 aliphatic heterocycles. The molecule has 1 fully saturated rings. The number of H-pyrrole nitrogens is 1. The molecule has 18 heavy (non-hydrogen) atoms. The van der Waals surface area contributed by atoms with Gasteiger partial charge in [0.1, 0.15) is 0 Å². The average Bonchev–Trinajstić information content (AvgIpc) is 2.37. The van der Waals surface area contributed by atoms with Crippen LogP contribution in [0.15, 0.2) is 6.20 Å². The molecular formula is C14H21N3S. The van der Waals surface area contributed by atoms with Gasteiger partial charge in [-0.25, -0.2) is 4.98 Å². The number of piperidine rings is 1. The van der Waals surface area contributed by atoms with Crippen molar-refractivity contribution in [2.45, 2.75) is 45.1 Å². The standard InChI is InChI=1S/C14H21N3S/c1-2-5-17-6-3-4-10-7-12-11(8-13(10)17)9-15-14(18)16-12/h9-10,13H,2-8H2,1H3,(H,15,16,18). The van der Waals surface area contributed by atoms with Crippen LogP contribution in [0.2, 0.25) is 0 Å². The predicted octanol–water partition coefficient (Wildman–Crippen LogP) is 2.73. The van der Waals surface area contributed by atoms with E-state index in [0.29, 0.717) is 4.77 Å². The lowest BCUT2D eigenvalue weighted by Gasteiger charge is -2.44. The van der Waals surface area contributed by atoms with Crippen LogP contribution in [0.1, 0.15) is 37.4 Å². The average molecular weight is 263 g/mol. The van der Waals surface area contributed by atoms with Crippen molar-refractivity contribution < 1.29 is 0 Å². The van der Waals surface area contributed by atoms with Gasteiger partial charge in [0.2, 0.25) is 0 Å². The van der Waals surface area contributed by atoms with Gasteiger partial charge in [-0.3, -0.25) is 4.90 Å². The lowest BCUT2D eigenvalue weighted by Crippen LogP contribution is -2.49. The van der Waals surface area contributed by atoms with Crippen LogP contribution in [0.5, 0.6) is 0 Å². The van der Waals surface area contributed by atoms with Crippen molar-refractivity contribution in [2.75, 3.05) is 13.1 Å². The zero-order valence-corrected chi connectivity index (χ0v) is 11.8. The molecule has 1 aromatic rings. The molecule has 3 nitrogen and oxygen atoms in total. The third kappa shape index (κ3) is 2.24. The minimum Gasteiger partial charge on any atom is -0.334 e. The van der Waals surface area contributed by atoms with Crippen LogP contribution >= 0.6 is 12.2 Å². The highest BCUT2D eigenvalue weighted by Gasteiger charge is 2.35. The highest BCUT2D eigenvalue weighted by Crippen LogP contribution is 2.33. The summed E-state index contributed by atoms with van der Waals surface area (Å²) in [5.74, 6) is 0.811. The first-order valence-electron chi connectivity index (χ1n) is 7.09. The van der Waals surface area contributed by atoms with E-state index < -0.39 is 0 Å². The molecule has 4 heteroatoms. The van der Waals surface area contributed by atoms with Gasteiger partial charge < -0.3 is 4.98 Å². The Morgan fingerprint density at radius 3 is 3.22 bits per heavy atom. The summed E-state index contributed by atoms with van der Waals surface area (Å²) >= 11 is 5.13. The molecule has 0 aromatic carbocycles. The van der Waals surface area contributed by atoms with E-state index in [-0.39, 0.29) is 0 Å². The van der Waals surface area contributed by atoms with Crippen molar-refractivity contribution in [2.24, 2.45) is 5.92 Å². The van der Waals surface area contributed by atoms with E-state index in [1.807, 2.05) is 6.20 Å². The van der Waals surface area contributed by atoms with Crippen LogP contribution < -0.4 is 0 Å². The second-order valence-electron chi connectivity index (χ2n) is 5.61. The molecule has 98 valence electrons. The fourth-order valence-electron chi connectivity index (χ4n) is 3.61. The van der Waals surface area contributed by atoms with Crippen LogP contribution in [0, 0.1) is 10.7 Å². The maximum absolute atomic E-state index is 5.13. The third-order valence-electron chi connectivity index (χ3n) is 4.42. The maximum atomic E-state index is 5.13. The van der Waals surface area contributed by atoms with Crippen molar-refractivity contribution in [1.29, 1.82) is 0 Å². The molecular weight excluding hydrogens is 242 g/mol. The number of rotatable bonds is 2. The Hall–Kier alpha value is -0.740. The Balaban J connectivity index is 1.87. The Morgan fingerprint density at radius 1 is 1.50 bits per heavy atom. The molecule has 2 unspecified atom stereocenters. The molecule has 0 radical (unpaired) electrons. The summed E-state index contributed by atoms with van der Waals surface area (Å²) in [7, 11) is 0. The number of hydrogen-bond donors (Lipinski definition) is 1. The summed E-state index contributed by atoms with van der Waals surface area (Å²) in [6.07, 6.45) is 8.27. The van der Waals surface area contributed by atoms with Crippen molar-refractivity contribution in [3.05, 3.63) is 22.2 Å². The topological polar surface area (TPSA) is 31.9 Å². The molecule has 3 rings (SSSR count). The second kappa shape index (κ2) is 5.10. The highest BCUT2D eigenvalue weighted by atomic mass is 32.1. The largest absolute Gasteiger partial charge is 0.334 e. The van der Waals surface area contributed by atoms with E-state index in [4.69, 9.17) is 12.2 Å². The quantitative estimate of drug-likeness (QED) is 0.833. The van der Waals surface area contributed by atoms with Crippen LogP contribution in [0.3, 0.4) is 0 Å². The van der Waals surface area contributed by atoms with Crippen LogP contribution in [0.25, 0.3) is 0 Å². The molecule has 0 bridgehead atoms. The number of likely N-dealkylation sites (tertiary alicyclic amines) is 1. The lowest BCUT2D eigenvalue weighted by atomic mass is 9.77. The minimum atomic E-state index is 0.633. The zero-order valence-electron chi connectivity index (χ0n) is 11.0. The van der Waals surface area contributed by atoms with Gasteiger partial charge in [-0.1, -0.05) is 6.92 Å². The van der Waals surface area contributed by atoms with Gasteiger partial charge in [-0.2, -0.15) is 0 Å². The first kappa shape index (κ1) is 12.3. The second-order valence-corrected chi connectivity index (χ2v) is 5.99. The Bertz CT molecular complexity index is 480. The van der Waals surface area contributed by atoms with Gasteiger partial charge in [-0.05, 0) is 68.9 Å².